The van der Waals surface area contributed by atoms with Crippen molar-refractivity contribution in [1.82, 2.24) is 0 Å². The molecule has 0 spiro atoms. The Morgan fingerprint density at radius 3 is 2.39 bits per heavy atom. The summed E-state index contributed by atoms with van der Waals surface area (Å²) in [4.78, 5) is 0. The van der Waals surface area contributed by atoms with E-state index in [4.69, 9.17) is 0 Å². The highest BCUT2D eigenvalue weighted by molar-refractivity contribution is 5.17. The van der Waals surface area contributed by atoms with Gasteiger partial charge in [0.05, 0.1) is 12.7 Å². The Morgan fingerprint density at radius 2 is 1.67 bits per heavy atom. The lowest BCUT2D eigenvalue weighted by Crippen LogP contribution is -2.47. The van der Waals surface area contributed by atoms with Crippen LogP contribution in [0, 0.1) is 47.3 Å². The van der Waals surface area contributed by atoms with E-state index in [0.717, 1.165) is 48.9 Å². The number of rotatable bonds is 3. The van der Waals surface area contributed by atoms with Crippen LogP contribution in [0.2, 0.25) is 0 Å². The largest absolute Gasteiger partial charge is 0.396 e. The molecule has 3 nitrogen and oxygen atoms in total. The number of hydrogen-bond donors (Lipinski definition) is 3. The zero-order valence-corrected chi connectivity index (χ0v) is 10.8. The van der Waals surface area contributed by atoms with Gasteiger partial charge >= 0.3 is 0 Å². The van der Waals surface area contributed by atoms with Crippen molar-refractivity contribution in [3.63, 3.8) is 0 Å². The van der Waals surface area contributed by atoms with E-state index in [9.17, 15) is 15.3 Å². The van der Waals surface area contributed by atoms with Gasteiger partial charge in [0.1, 0.15) is 0 Å². The Bertz CT molecular complexity index is 345. The van der Waals surface area contributed by atoms with E-state index < -0.39 is 6.10 Å². The molecule has 4 aliphatic carbocycles. The van der Waals surface area contributed by atoms with Crippen molar-refractivity contribution in [3.05, 3.63) is 0 Å². The summed E-state index contributed by atoms with van der Waals surface area (Å²) < 4.78 is 0. The van der Waals surface area contributed by atoms with Crippen molar-refractivity contribution in [2.75, 3.05) is 13.2 Å². The topological polar surface area (TPSA) is 60.7 Å². The second-order valence-electron chi connectivity index (χ2n) is 7.22. The second kappa shape index (κ2) is 3.94. The summed E-state index contributed by atoms with van der Waals surface area (Å²) in [6.45, 7) is 0.280. The lowest BCUT2D eigenvalue weighted by atomic mass is 9.56. The fraction of sp³-hybridized carbons (Fsp3) is 1.00. The van der Waals surface area contributed by atoms with Crippen molar-refractivity contribution in [1.29, 1.82) is 0 Å². The lowest BCUT2D eigenvalue weighted by Gasteiger charge is -2.49. The van der Waals surface area contributed by atoms with Crippen LogP contribution < -0.4 is 0 Å². The Balaban J connectivity index is 1.57. The molecule has 0 amide bonds. The third kappa shape index (κ3) is 1.26. The van der Waals surface area contributed by atoms with Gasteiger partial charge in [0.2, 0.25) is 0 Å². The van der Waals surface area contributed by atoms with Crippen LogP contribution in [0.1, 0.15) is 25.7 Å². The van der Waals surface area contributed by atoms with Crippen LogP contribution >= 0.6 is 0 Å². The molecule has 9 unspecified atom stereocenters. The molecule has 0 aromatic rings. The molecule has 4 aliphatic rings. The SMILES string of the molecule is OCC(O)C1CCC2C(CO)C3C4CC(C4C1)C23. The van der Waals surface area contributed by atoms with Crippen LogP contribution in [0.15, 0.2) is 0 Å². The zero-order chi connectivity index (χ0) is 12.4. The standard InChI is InChI=1S/C15H24O3/c16-5-12-8-2-1-7(13(18)6-17)3-9-10-4-11(9)15(12)14(8)10/h7-18H,1-6H2. The summed E-state index contributed by atoms with van der Waals surface area (Å²) in [5.74, 6) is 5.80. The molecule has 4 rings (SSSR count). The first-order chi connectivity index (χ1) is 8.76. The Kier molecular flexibility index (Phi) is 2.56. The van der Waals surface area contributed by atoms with Gasteiger partial charge in [-0.25, -0.2) is 0 Å². The van der Waals surface area contributed by atoms with Gasteiger partial charge in [0.15, 0.2) is 0 Å². The first-order valence-corrected chi connectivity index (χ1v) is 7.66. The Morgan fingerprint density at radius 1 is 0.889 bits per heavy atom. The summed E-state index contributed by atoms with van der Waals surface area (Å²) in [7, 11) is 0. The molecule has 4 saturated carbocycles. The van der Waals surface area contributed by atoms with Gasteiger partial charge in [0.25, 0.3) is 0 Å². The zero-order valence-electron chi connectivity index (χ0n) is 10.8. The Labute approximate surface area is 108 Å². The van der Waals surface area contributed by atoms with E-state index in [-0.39, 0.29) is 6.61 Å². The first-order valence-electron chi connectivity index (χ1n) is 7.66. The van der Waals surface area contributed by atoms with Crippen molar-refractivity contribution >= 4 is 0 Å². The molecule has 0 aliphatic heterocycles. The third-order valence-corrected chi connectivity index (χ3v) is 7.00. The summed E-state index contributed by atoms with van der Waals surface area (Å²) in [5.41, 5.74) is 0. The van der Waals surface area contributed by atoms with Gasteiger partial charge < -0.3 is 15.3 Å². The molecule has 3 heteroatoms. The van der Waals surface area contributed by atoms with E-state index in [2.05, 4.69) is 0 Å². The van der Waals surface area contributed by atoms with Crippen molar-refractivity contribution in [2.45, 2.75) is 31.8 Å². The summed E-state index contributed by atoms with van der Waals surface area (Å²) in [5, 5.41) is 28.7. The van der Waals surface area contributed by atoms with Crippen LogP contribution in [0.3, 0.4) is 0 Å². The molecule has 18 heavy (non-hydrogen) atoms. The third-order valence-electron chi connectivity index (χ3n) is 7.00. The van der Waals surface area contributed by atoms with Gasteiger partial charge in [-0.05, 0) is 73.0 Å². The first kappa shape index (κ1) is 11.7. The lowest BCUT2D eigenvalue weighted by molar-refractivity contribution is -0.0530. The molecule has 0 aromatic carbocycles. The highest BCUT2D eigenvalue weighted by Gasteiger charge is 2.70. The van der Waals surface area contributed by atoms with E-state index in [1.807, 2.05) is 0 Å². The fourth-order valence-electron chi connectivity index (χ4n) is 6.26. The molecule has 4 fully saturated rings. The van der Waals surface area contributed by atoms with Crippen LogP contribution in [-0.2, 0) is 0 Å². The minimum atomic E-state index is -0.522. The molecule has 9 atom stereocenters. The van der Waals surface area contributed by atoms with Gasteiger partial charge in [-0.3, -0.25) is 0 Å². The predicted molar refractivity (Wildman–Crippen MR) is 66.6 cm³/mol. The summed E-state index contributed by atoms with van der Waals surface area (Å²) >= 11 is 0. The highest BCUT2D eigenvalue weighted by Crippen LogP contribution is 2.74. The van der Waals surface area contributed by atoms with Crippen LogP contribution in [0.25, 0.3) is 0 Å². The summed E-state index contributed by atoms with van der Waals surface area (Å²) in [6, 6.07) is 0. The minimum absolute atomic E-state index is 0.0896. The quantitative estimate of drug-likeness (QED) is 0.698. The molecule has 0 saturated heterocycles. The average molecular weight is 252 g/mol. The average Bonchev–Trinajstić information content (AvgIpc) is 2.82. The fourth-order valence-corrected chi connectivity index (χ4v) is 6.26. The maximum atomic E-state index is 9.95. The van der Waals surface area contributed by atoms with Crippen molar-refractivity contribution in [2.24, 2.45) is 47.3 Å². The Hall–Kier alpha value is -0.120. The monoisotopic (exact) mass is 252 g/mol. The van der Waals surface area contributed by atoms with Gasteiger partial charge in [0, 0.05) is 6.61 Å². The molecular weight excluding hydrogens is 228 g/mol. The normalized spacial score (nSPS) is 58.2. The van der Waals surface area contributed by atoms with Crippen LogP contribution in [0.5, 0.6) is 0 Å². The smallest absolute Gasteiger partial charge is 0.0799 e. The predicted octanol–water partition coefficient (Wildman–Crippen LogP) is 0.876. The molecule has 0 heterocycles. The number of aliphatic hydroxyl groups is 3. The van der Waals surface area contributed by atoms with E-state index >= 15 is 0 Å². The van der Waals surface area contributed by atoms with Crippen LogP contribution in [-0.4, -0.2) is 34.6 Å². The highest BCUT2D eigenvalue weighted by atomic mass is 16.3. The van der Waals surface area contributed by atoms with E-state index in [1.165, 1.54) is 6.42 Å². The number of aliphatic hydroxyl groups excluding tert-OH is 3. The molecule has 4 bridgehead atoms. The van der Waals surface area contributed by atoms with Crippen molar-refractivity contribution < 1.29 is 15.3 Å². The minimum Gasteiger partial charge on any atom is -0.396 e. The molecule has 0 radical (unpaired) electrons. The molecule has 0 aromatic heterocycles. The number of hydrogen-bond acceptors (Lipinski definition) is 3. The molecule has 3 N–H and O–H groups in total. The maximum absolute atomic E-state index is 9.95. The van der Waals surface area contributed by atoms with Crippen molar-refractivity contribution in [3.8, 4) is 0 Å². The van der Waals surface area contributed by atoms with Gasteiger partial charge in [-0.1, -0.05) is 0 Å². The summed E-state index contributed by atoms with van der Waals surface area (Å²) in [6.07, 6.45) is 4.18. The van der Waals surface area contributed by atoms with E-state index in [1.54, 1.807) is 0 Å². The molecular formula is C15H24O3. The van der Waals surface area contributed by atoms with Gasteiger partial charge in [-0.2, -0.15) is 0 Å². The molecule has 102 valence electrons. The second-order valence-corrected chi connectivity index (χ2v) is 7.22. The maximum Gasteiger partial charge on any atom is 0.0799 e. The number of fused-ring (bicyclic) bond motifs is 1. The van der Waals surface area contributed by atoms with E-state index in [0.29, 0.717) is 24.4 Å². The van der Waals surface area contributed by atoms with Gasteiger partial charge in [-0.15, -0.1) is 0 Å². The van der Waals surface area contributed by atoms with Crippen LogP contribution in [0.4, 0.5) is 0 Å².